The molecular formula is C15H21Cl2N5O. The predicted molar refractivity (Wildman–Crippen MR) is 92.9 cm³/mol. The number of halogens is 2. The lowest BCUT2D eigenvalue weighted by Gasteiger charge is -2.13. The van der Waals surface area contributed by atoms with Crippen LogP contribution in [0.2, 0.25) is 0 Å². The first-order valence-electron chi connectivity index (χ1n) is 7.23. The molecule has 8 heteroatoms. The van der Waals surface area contributed by atoms with E-state index in [2.05, 4.69) is 26.8 Å². The molecule has 1 saturated heterocycles. The van der Waals surface area contributed by atoms with Gasteiger partial charge in [0.05, 0.1) is 12.6 Å². The molecule has 1 atom stereocenters. The normalized spacial score (nSPS) is 16.3. The fourth-order valence-corrected chi connectivity index (χ4v) is 2.59. The van der Waals surface area contributed by atoms with Gasteiger partial charge in [-0.25, -0.2) is 9.67 Å². The minimum absolute atomic E-state index is 0. The number of nitrogens with one attached hydrogen (secondary N) is 2. The number of carbonyl (C=O) groups excluding carboxylic acids is 1. The van der Waals surface area contributed by atoms with E-state index in [9.17, 15) is 4.79 Å². The molecule has 0 aliphatic carbocycles. The van der Waals surface area contributed by atoms with Crippen LogP contribution in [0.5, 0.6) is 0 Å². The maximum atomic E-state index is 12.0. The Balaban J connectivity index is 0.00000132. The summed E-state index contributed by atoms with van der Waals surface area (Å²) in [6.45, 7) is 2.14. The fourth-order valence-electron chi connectivity index (χ4n) is 2.59. The van der Waals surface area contributed by atoms with Crippen molar-refractivity contribution in [3.63, 3.8) is 0 Å². The maximum Gasteiger partial charge on any atom is 0.237 e. The Kier molecular flexibility index (Phi) is 8.02. The smallest absolute Gasteiger partial charge is 0.237 e. The number of benzene rings is 1. The van der Waals surface area contributed by atoms with Gasteiger partial charge in [-0.1, -0.05) is 24.3 Å². The highest BCUT2D eigenvalue weighted by atomic mass is 35.5. The minimum Gasteiger partial charge on any atom is -0.351 e. The summed E-state index contributed by atoms with van der Waals surface area (Å²) in [7, 11) is 0. The zero-order valence-corrected chi connectivity index (χ0v) is 14.3. The highest BCUT2D eigenvalue weighted by Crippen LogP contribution is 2.11. The number of hydrogen-bond donors (Lipinski definition) is 2. The molecule has 23 heavy (non-hydrogen) atoms. The van der Waals surface area contributed by atoms with Crippen molar-refractivity contribution < 1.29 is 4.79 Å². The third-order valence-electron chi connectivity index (χ3n) is 3.75. The molecule has 126 valence electrons. The molecule has 1 aromatic carbocycles. The average molecular weight is 358 g/mol. The maximum absolute atomic E-state index is 12.0. The van der Waals surface area contributed by atoms with Crippen LogP contribution in [-0.2, 0) is 17.9 Å². The molecule has 1 aromatic heterocycles. The summed E-state index contributed by atoms with van der Waals surface area (Å²) in [5.41, 5.74) is 2.25. The lowest BCUT2D eigenvalue weighted by atomic mass is 10.1. The van der Waals surface area contributed by atoms with Gasteiger partial charge in [0.2, 0.25) is 5.91 Å². The zero-order valence-electron chi connectivity index (χ0n) is 12.6. The lowest BCUT2D eigenvalue weighted by Crippen LogP contribution is -2.40. The second kappa shape index (κ2) is 9.50. The van der Waals surface area contributed by atoms with Crippen molar-refractivity contribution in [2.24, 2.45) is 0 Å². The van der Waals surface area contributed by atoms with E-state index in [4.69, 9.17) is 0 Å². The lowest BCUT2D eigenvalue weighted by molar-refractivity contribution is -0.122. The zero-order chi connectivity index (χ0) is 14.5. The SMILES string of the molecule is Cl.Cl.O=C(NCc1ccccc1Cn1cncn1)C1CCCN1. The van der Waals surface area contributed by atoms with Gasteiger partial charge in [0.1, 0.15) is 12.7 Å². The summed E-state index contributed by atoms with van der Waals surface area (Å²) in [6, 6.07) is 8.04. The van der Waals surface area contributed by atoms with Gasteiger partial charge in [0, 0.05) is 6.54 Å². The molecule has 2 N–H and O–H groups in total. The summed E-state index contributed by atoms with van der Waals surface area (Å²) in [4.78, 5) is 16.0. The molecule has 6 nitrogen and oxygen atoms in total. The van der Waals surface area contributed by atoms with Gasteiger partial charge >= 0.3 is 0 Å². The summed E-state index contributed by atoms with van der Waals surface area (Å²) in [6.07, 6.45) is 5.21. The highest BCUT2D eigenvalue weighted by molar-refractivity contribution is 5.85. The number of rotatable bonds is 5. The van der Waals surface area contributed by atoms with Crippen LogP contribution in [-0.4, -0.2) is 33.3 Å². The largest absolute Gasteiger partial charge is 0.351 e. The standard InChI is InChI=1S/C15H19N5O.2ClH/c21-15(14-6-3-7-17-14)18-8-12-4-1-2-5-13(12)9-20-11-16-10-19-20;;/h1-2,4-5,10-11,14,17H,3,6-9H2,(H,18,21);2*1H. The van der Waals surface area contributed by atoms with Crippen molar-refractivity contribution in [3.05, 3.63) is 48.0 Å². The van der Waals surface area contributed by atoms with Crippen LogP contribution in [0, 0.1) is 0 Å². The van der Waals surface area contributed by atoms with E-state index in [1.54, 1.807) is 11.0 Å². The first-order chi connectivity index (χ1) is 10.3. The second-order valence-corrected chi connectivity index (χ2v) is 5.23. The Morgan fingerprint density at radius 1 is 1.30 bits per heavy atom. The molecule has 0 spiro atoms. The van der Waals surface area contributed by atoms with Crippen LogP contribution in [0.1, 0.15) is 24.0 Å². The van der Waals surface area contributed by atoms with Crippen LogP contribution >= 0.6 is 24.8 Å². The van der Waals surface area contributed by atoms with E-state index in [0.29, 0.717) is 13.1 Å². The van der Waals surface area contributed by atoms with Gasteiger partial charge in [0.25, 0.3) is 0 Å². The van der Waals surface area contributed by atoms with E-state index in [1.807, 2.05) is 18.2 Å². The number of amides is 1. The van der Waals surface area contributed by atoms with Crippen molar-refractivity contribution in [3.8, 4) is 0 Å². The number of carbonyl (C=O) groups is 1. The summed E-state index contributed by atoms with van der Waals surface area (Å²) in [5.74, 6) is 0.0862. The van der Waals surface area contributed by atoms with Gasteiger partial charge in [-0.05, 0) is 30.5 Å². The predicted octanol–water partition coefficient (Wildman–Crippen LogP) is 1.54. The molecule has 0 bridgehead atoms. The molecule has 0 radical (unpaired) electrons. The highest BCUT2D eigenvalue weighted by Gasteiger charge is 2.21. The molecule has 1 aliphatic heterocycles. The Hall–Kier alpha value is -1.63. The third-order valence-corrected chi connectivity index (χ3v) is 3.75. The van der Waals surface area contributed by atoms with Crippen LogP contribution in [0.25, 0.3) is 0 Å². The number of nitrogens with zero attached hydrogens (tertiary/aromatic N) is 3. The van der Waals surface area contributed by atoms with Crippen LogP contribution in [0.3, 0.4) is 0 Å². The van der Waals surface area contributed by atoms with Gasteiger partial charge < -0.3 is 10.6 Å². The van der Waals surface area contributed by atoms with E-state index in [1.165, 1.54) is 6.33 Å². The van der Waals surface area contributed by atoms with Crippen molar-refractivity contribution in [1.82, 2.24) is 25.4 Å². The molecule has 3 rings (SSSR count). The summed E-state index contributed by atoms with van der Waals surface area (Å²) in [5, 5.41) is 10.3. The first kappa shape index (κ1) is 19.4. The van der Waals surface area contributed by atoms with Crippen LogP contribution < -0.4 is 10.6 Å². The van der Waals surface area contributed by atoms with E-state index >= 15 is 0 Å². The van der Waals surface area contributed by atoms with Crippen molar-refractivity contribution in [2.45, 2.75) is 32.0 Å². The molecule has 1 amide bonds. The Bertz CT molecular complexity index is 600. The summed E-state index contributed by atoms with van der Waals surface area (Å²) < 4.78 is 1.78. The Labute approximate surface area is 147 Å². The molecule has 1 unspecified atom stereocenters. The molecular weight excluding hydrogens is 337 g/mol. The third kappa shape index (κ3) is 5.20. The second-order valence-electron chi connectivity index (χ2n) is 5.23. The van der Waals surface area contributed by atoms with Gasteiger partial charge in [-0.15, -0.1) is 24.8 Å². The topological polar surface area (TPSA) is 71.8 Å². The van der Waals surface area contributed by atoms with Crippen molar-refractivity contribution >= 4 is 30.7 Å². The molecule has 0 saturated carbocycles. The van der Waals surface area contributed by atoms with Gasteiger partial charge in [-0.2, -0.15) is 5.10 Å². The molecule has 1 aliphatic rings. The van der Waals surface area contributed by atoms with Gasteiger partial charge in [-0.3, -0.25) is 4.79 Å². The molecule has 2 aromatic rings. The number of hydrogen-bond acceptors (Lipinski definition) is 4. The molecule has 2 heterocycles. The molecule has 1 fully saturated rings. The Morgan fingerprint density at radius 3 is 2.74 bits per heavy atom. The monoisotopic (exact) mass is 357 g/mol. The Morgan fingerprint density at radius 2 is 2.09 bits per heavy atom. The average Bonchev–Trinajstić information content (AvgIpc) is 3.19. The summed E-state index contributed by atoms with van der Waals surface area (Å²) >= 11 is 0. The van der Waals surface area contributed by atoms with Crippen molar-refractivity contribution in [2.75, 3.05) is 6.54 Å². The quantitative estimate of drug-likeness (QED) is 0.851. The van der Waals surface area contributed by atoms with Crippen LogP contribution in [0.15, 0.2) is 36.9 Å². The van der Waals surface area contributed by atoms with Gasteiger partial charge in [0.15, 0.2) is 0 Å². The van der Waals surface area contributed by atoms with Crippen LogP contribution in [0.4, 0.5) is 0 Å². The first-order valence-corrected chi connectivity index (χ1v) is 7.23. The minimum atomic E-state index is -0.0347. The van der Waals surface area contributed by atoms with E-state index in [-0.39, 0.29) is 36.8 Å². The fraction of sp³-hybridized carbons (Fsp3) is 0.400. The van der Waals surface area contributed by atoms with E-state index < -0.39 is 0 Å². The van der Waals surface area contributed by atoms with E-state index in [0.717, 1.165) is 30.5 Å². The number of aromatic nitrogens is 3. The van der Waals surface area contributed by atoms with Crippen molar-refractivity contribution in [1.29, 1.82) is 0 Å².